The number of rotatable bonds is 5. The maximum atomic E-state index is 13.8. The Labute approximate surface area is 99.8 Å². The molecule has 0 aromatic carbocycles. The van der Waals surface area contributed by atoms with Crippen LogP contribution >= 0.6 is 0 Å². The Balaban J connectivity index is 2.88. The molecule has 1 aromatic rings. The van der Waals surface area contributed by atoms with Gasteiger partial charge in [0.25, 0.3) is 5.91 Å². The molecule has 0 atom stereocenters. The van der Waals surface area contributed by atoms with Crippen LogP contribution in [-0.4, -0.2) is 29.4 Å². The second kappa shape index (κ2) is 6.15. The van der Waals surface area contributed by atoms with E-state index in [9.17, 15) is 9.18 Å². The number of hydrogen-bond donors (Lipinski definition) is 2. The molecule has 0 spiro atoms. The summed E-state index contributed by atoms with van der Waals surface area (Å²) in [6, 6.07) is 1.35. The first-order chi connectivity index (χ1) is 8.11. The van der Waals surface area contributed by atoms with Gasteiger partial charge in [-0.25, -0.2) is 15.2 Å². The minimum atomic E-state index is -0.719. The van der Waals surface area contributed by atoms with Crippen LogP contribution in [0.15, 0.2) is 12.3 Å². The summed E-state index contributed by atoms with van der Waals surface area (Å²) < 4.78 is 13.8. The van der Waals surface area contributed by atoms with Gasteiger partial charge in [-0.1, -0.05) is 13.3 Å². The molecule has 1 aromatic heterocycles. The smallest absolute Gasteiger partial charge is 0.256 e. The number of nitrogens with one attached hydrogen (secondary N) is 1. The van der Waals surface area contributed by atoms with E-state index in [1.165, 1.54) is 17.2 Å². The van der Waals surface area contributed by atoms with Gasteiger partial charge in [0, 0.05) is 19.8 Å². The molecule has 1 amide bonds. The Morgan fingerprint density at radius 3 is 2.94 bits per heavy atom. The highest BCUT2D eigenvalue weighted by atomic mass is 19.1. The van der Waals surface area contributed by atoms with Gasteiger partial charge in [-0.05, 0) is 12.5 Å². The summed E-state index contributed by atoms with van der Waals surface area (Å²) >= 11 is 0. The molecule has 0 aliphatic carbocycles. The van der Waals surface area contributed by atoms with E-state index in [0.717, 1.165) is 12.8 Å². The first-order valence-corrected chi connectivity index (χ1v) is 5.48. The summed E-state index contributed by atoms with van der Waals surface area (Å²) in [5.41, 5.74) is 2.09. The summed E-state index contributed by atoms with van der Waals surface area (Å²) in [7, 11) is 1.65. The second-order valence-electron chi connectivity index (χ2n) is 3.75. The molecule has 0 saturated heterocycles. The van der Waals surface area contributed by atoms with Gasteiger partial charge in [0.15, 0.2) is 11.6 Å². The van der Waals surface area contributed by atoms with Gasteiger partial charge < -0.3 is 10.3 Å². The van der Waals surface area contributed by atoms with Crippen LogP contribution in [-0.2, 0) is 0 Å². The number of unbranched alkanes of at least 4 members (excludes halogenated alkanes) is 1. The van der Waals surface area contributed by atoms with Crippen molar-refractivity contribution in [2.24, 2.45) is 5.84 Å². The Bertz CT molecular complexity index is 397. The molecule has 0 aliphatic rings. The van der Waals surface area contributed by atoms with E-state index in [4.69, 9.17) is 5.84 Å². The van der Waals surface area contributed by atoms with Crippen LogP contribution in [0.1, 0.15) is 30.1 Å². The fraction of sp³-hybridized carbons (Fsp3) is 0.455. The molecule has 1 rings (SSSR count). The number of anilines is 1. The lowest BCUT2D eigenvalue weighted by molar-refractivity contribution is 0.0788. The molecule has 1 heterocycles. The molecule has 0 saturated carbocycles. The quantitative estimate of drug-likeness (QED) is 0.602. The van der Waals surface area contributed by atoms with Crippen molar-refractivity contribution in [3.05, 3.63) is 23.6 Å². The van der Waals surface area contributed by atoms with Crippen molar-refractivity contribution in [2.75, 3.05) is 19.0 Å². The molecular formula is C11H17FN4O. The zero-order valence-corrected chi connectivity index (χ0v) is 10.0. The number of nitrogens with two attached hydrogens (primary N) is 1. The number of hydrogen-bond acceptors (Lipinski definition) is 4. The number of pyridine rings is 1. The maximum Gasteiger partial charge on any atom is 0.256 e. The molecule has 0 radical (unpaired) electrons. The lowest BCUT2D eigenvalue weighted by Gasteiger charge is -2.17. The fourth-order valence-electron chi connectivity index (χ4n) is 1.41. The average Bonchev–Trinajstić information content (AvgIpc) is 2.35. The Kier molecular flexibility index (Phi) is 4.84. The van der Waals surface area contributed by atoms with E-state index in [2.05, 4.69) is 10.4 Å². The number of aromatic nitrogens is 1. The highest BCUT2D eigenvalue weighted by Crippen LogP contribution is 2.15. The monoisotopic (exact) mass is 240 g/mol. The van der Waals surface area contributed by atoms with Crippen molar-refractivity contribution in [2.45, 2.75) is 19.8 Å². The lowest BCUT2D eigenvalue weighted by Crippen LogP contribution is -2.29. The van der Waals surface area contributed by atoms with Crippen molar-refractivity contribution >= 4 is 11.7 Å². The molecule has 0 aliphatic heterocycles. The largest absolute Gasteiger partial charge is 0.342 e. The molecule has 3 N–H and O–H groups in total. The third kappa shape index (κ3) is 3.13. The minimum Gasteiger partial charge on any atom is -0.342 e. The number of amides is 1. The van der Waals surface area contributed by atoms with Crippen molar-refractivity contribution < 1.29 is 9.18 Å². The molecule has 6 heteroatoms. The van der Waals surface area contributed by atoms with Crippen molar-refractivity contribution in [3.8, 4) is 0 Å². The number of carbonyl (C=O) groups excluding carboxylic acids is 1. The van der Waals surface area contributed by atoms with E-state index in [-0.39, 0.29) is 17.3 Å². The van der Waals surface area contributed by atoms with Gasteiger partial charge >= 0.3 is 0 Å². The minimum absolute atomic E-state index is 0.0217. The van der Waals surface area contributed by atoms with Crippen LogP contribution in [0.2, 0.25) is 0 Å². The van der Waals surface area contributed by atoms with Crippen molar-refractivity contribution in [3.63, 3.8) is 0 Å². The molecule has 0 fully saturated rings. The predicted octanol–water partition coefficient (Wildman–Crippen LogP) is 1.38. The van der Waals surface area contributed by atoms with Crippen LogP contribution < -0.4 is 11.3 Å². The van der Waals surface area contributed by atoms with Crippen LogP contribution in [0.5, 0.6) is 0 Å². The third-order valence-corrected chi connectivity index (χ3v) is 2.45. The van der Waals surface area contributed by atoms with E-state index < -0.39 is 5.82 Å². The van der Waals surface area contributed by atoms with E-state index in [1.807, 2.05) is 6.92 Å². The van der Waals surface area contributed by atoms with Gasteiger partial charge in [0.05, 0.1) is 5.56 Å². The standard InChI is InChI=1S/C11H17FN4O/c1-3-4-7-16(2)11(17)8-5-6-14-10(15-13)9(8)12/h5-6H,3-4,7,13H2,1-2H3,(H,14,15). The number of hydrazine groups is 1. The lowest BCUT2D eigenvalue weighted by atomic mass is 10.2. The van der Waals surface area contributed by atoms with E-state index >= 15 is 0 Å². The van der Waals surface area contributed by atoms with Gasteiger partial charge in [-0.15, -0.1) is 0 Å². The number of nitrogens with zero attached hydrogens (tertiary/aromatic N) is 2. The molecule has 0 bridgehead atoms. The fourth-order valence-corrected chi connectivity index (χ4v) is 1.41. The van der Waals surface area contributed by atoms with Gasteiger partial charge in [0.1, 0.15) is 0 Å². The Morgan fingerprint density at radius 2 is 2.35 bits per heavy atom. The first kappa shape index (κ1) is 13.4. The molecule has 0 unspecified atom stereocenters. The zero-order valence-electron chi connectivity index (χ0n) is 10.0. The van der Waals surface area contributed by atoms with E-state index in [0.29, 0.717) is 6.54 Å². The predicted molar refractivity (Wildman–Crippen MR) is 63.9 cm³/mol. The van der Waals surface area contributed by atoms with Gasteiger partial charge in [-0.3, -0.25) is 4.79 Å². The number of halogens is 1. The number of carbonyl (C=O) groups is 1. The summed E-state index contributed by atoms with van der Waals surface area (Å²) in [5.74, 6) is 3.89. The van der Waals surface area contributed by atoms with E-state index in [1.54, 1.807) is 7.05 Å². The van der Waals surface area contributed by atoms with Crippen LogP contribution in [0, 0.1) is 5.82 Å². The topological polar surface area (TPSA) is 71.2 Å². The highest BCUT2D eigenvalue weighted by Gasteiger charge is 2.18. The van der Waals surface area contributed by atoms with Crippen LogP contribution in [0.4, 0.5) is 10.2 Å². The summed E-state index contributed by atoms with van der Waals surface area (Å²) in [4.78, 5) is 17.1. The molecular weight excluding hydrogens is 223 g/mol. The highest BCUT2D eigenvalue weighted by molar-refractivity contribution is 5.95. The third-order valence-electron chi connectivity index (χ3n) is 2.45. The summed E-state index contributed by atoms with van der Waals surface area (Å²) in [6.07, 6.45) is 3.21. The zero-order chi connectivity index (χ0) is 12.8. The maximum absolute atomic E-state index is 13.8. The normalized spacial score (nSPS) is 10.1. The van der Waals surface area contributed by atoms with Crippen molar-refractivity contribution in [1.82, 2.24) is 9.88 Å². The molecule has 5 nitrogen and oxygen atoms in total. The SMILES string of the molecule is CCCCN(C)C(=O)c1ccnc(NN)c1F. The molecule has 17 heavy (non-hydrogen) atoms. The Hall–Kier alpha value is -1.69. The first-order valence-electron chi connectivity index (χ1n) is 5.48. The summed E-state index contributed by atoms with van der Waals surface area (Å²) in [5, 5.41) is 0. The second-order valence-corrected chi connectivity index (χ2v) is 3.75. The van der Waals surface area contributed by atoms with Crippen LogP contribution in [0.3, 0.4) is 0 Å². The Morgan fingerprint density at radius 1 is 1.65 bits per heavy atom. The van der Waals surface area contributed by atoms with Gasteiger partial charge in [0.2, 0.25) is 0 Å². The molecule has 94 valence electrons. The summed E-state index contributed by atoms with van der Waals surface area (Å²) in [6.45, 7) is 2.63. The van der Waals surface area contributed by atoms with Crippen LogP contribution in [0.25, 0.3) is 0 Å². The van der Waals surface area contributed by atoms with Crippen molar-refractivity contribution in [1.29, 1.82) is 0 Å². The average molecular weight is 240 g/mol. The van der Waals surface area contributed by atoms with Gasteiger partial charge in [-0.2, -0.15) is 0 Å². The number of nitrogen functional groups attached to an aromatic ring is 1.